The lowest BCUT2D eigenvalue weighted by Crippen LogP contribution is -2.22. The fraction of sp³-hybridized carbons (Fsp3) is 0.158. The van der Waals surface area contributed by atoms with E-state index < -0.39 is 0 Å². The highest BCUT2D eigenvalue weighted by molar-refractivity contribution is 5.85. The second-order valence-electron chi connectivity index (χ2n) is 5.41. The first kappa shape index (κ1) is 16.6. The molecule has 0 aliphatic rings. The largest absolute Gasteiger partial charge is 0.493 e. The summed E-state index contributed by atoms with van der Waals surface area (Å²) in [5.41, 5.74) is 4.35. The zero-order valence-corrected chi connectivity index (χ0v) is 14.1. The molecule has 0 fully saturated rings. The summed E-state index contributed by atoms with van der Waals surface area (Å²) in [5.74, 6) is 1.05. The topological polar surface area (TPSA) is 64.8 Å². The van der Waals surface area contributed by atoms with Gasteiger partial charge in [-0.3, -0.25) is 4.79 Å². The second-order valence-corrected chi connectivity index (χ2v) is 5.41. The number of para-hydroxylation sites is 1. The average molecular weight is 337 g/mol. The predicted octanol–water partition coefficient (Wildman–Crippen LogP) is 2.81. The highest BCUT2D eigenvalue weighted by Gasteiger charge is 2.05. The number of ether oxygens (including phenoxy) is 2. The van der Waals surface area contributed by atoms with Crippen LogP contribution in [-0.4, -0.2) is 30.9 Å². The molecule has 6 nitrogen and oxygen atoms in total. The number of benzene rings is 2. The van der Waals surface area contributed by atoms with Crippen molar-refractivity contribution in [1.29, 1.82) is 0 Å². The minimum Gasteiger partial charge on any atom is -0.493 e. The van der Waals surface area contributed by atoms with E-state index in [9.17, 15) is 4.79 Å². The van der Waals surface area contributed by atoms with Crippen molar-refractivity contribution < 1.29 is 14.3 Å². The number of carbonyl (C=O) groups is 1. The predicted molar refractivity (Wildman–Crippen MR) is 97.2 cm³/mol. The van der Waals surface area contributed by atoms with E-state index in [1.54, 1.807) is 32.6 Å². The van der Waals surface area contributed by atoms with Gasteiger partial charge in [0.05, 0.1) is 20.4 Å². The number of fused-ring (bicyclic) bond motifs is 1. The quantitative estimate of drug-likeness (QED) is 0.556. The van der Waals surface area contributed by atoms with Crippen LogP contribution in [0.3, 0.4) is 0 Å². The standard InChI is InChI=1S/C19H19N3O3/c1-24-17-8-7-14(11-18(17)25-2)12-20-21-19(23)13-22-10-9-15-5-3-4-6-16(15)22/h3-12H,13H2,1-2H3,(H,21,23)/b20-12-. The Labute approximate surface area is 145 Å². The molecule has 0 aliphatic carbocycles. The smallest absolute Gasteiger partial charge is 0.259 e. The molecule has 0 saturated heterocycles. The summed E-state index contributed by atoms with van der Waals surface area (Å²) in [6, 6.07) is 15.3. The van der Waals surface area contributed by atoms with Gasteiger partial charge in [0.15, 0.2) is 11.5 Å². The summed E-state index contributed by atoms with van der Waals surface area (Å²) < 4.78 is 12.3. The summed E-state index contributed by atoms with van der Waals surface area (Å²) in [4.78, 5) is 12.1. The Morgan fingerprint density at radius 1 is 1.12 bits per heavy atom. The maximum absolute atomic E-state index is 12.1. The third-order valence-corrected chi connectivity index (χ3v) is 3.80. The highest BCUT2D eigenvalue weighted by atomic mass is 16.5. The second kappa shape index (κ2) is 7.53. The van der Waals surface area contributed by atoms with Crippen molar-refractivity contribution in [3.05, 3.63) is 60.3 Å². The molecule has 2 aromatic carbocycles. The van der Waals surface area contributed by atoms with Crippen LogP contribution in [0.5, 0.6) is 11.5 Å². The Kier molecular flexibility index (Phi) is 4.99. The zero-order valence-electron chi connectivity index (χ0n) is 14.1. The molecule has 1 aromatic heterocycles. The van der Waals surface area contributed by atoms with Crippen LogP contribution in [0.2, 0.25) is 0 Å². The molecular formula is C19H19N3O3. The first-order chi connectivity index (χ1) is 12.2. The fourth-order valence-corrected chi connectivity index (χ4v) is 2.58. The van der Waals surface area contributed by atoms with Crippen molar-refractivity contribution in [1.82, 2.24) is 9.99 Å². The summed E-state index contributed by atoms with van der Waals surface area (Å²) in [6.45, 7) is 0.205. The molecule has 1 N–H and O–H groups in total. The molecule has 3 rings (SSSR count). The number of hydrogen-bond acceptors (Lipinski definition) is 4. The Bertz CT molecular complexity index is 915. The number of rotatable bonds is 6. The van der Waals surface area contributed by atoms with Crippen molar-refractivity contribution in [2.45, 2.75) is 6.54 Å². The minimum absolute atomic E-state index is 0.196. The number of carbonyl (C=O) groups excluding carboxylic acids is 1. The van der Waals surface area contributed by atoms with Crippen LogP contribution in [0.4, 0.5) is 0 Å². The first-order valence-electron chi connectivity index (χ1n) is 7.79. The van der Waals surface area contributed by atoms with Crippen LogP contribution < -0.4 is 14.9 Å². The summed E-state index contributed by atoms with van der Waals surface area (Å²) >= 11 is 0. The van der Waals surface area contributed by atoms with Gasteiger partial charge in [-0.05, 0) is 41.3 Å². The molecule has 6 heteroatoms. The maximum Gasteiger partial charge on any atom is 0.259 e. The lowest BCUT2D eigenvalue weighted by atomic mass is 10.2. The van der Waals surface area contributed by atoms with E-state index >= 15 is 0 Å². The van der Waals surface area contributed by atoms with Crippen molar-refractivity contribution in [2.75, 3.05) is 14.2 Å². The lowest BCUT2D eigenvalue weighted by Gasteiger charge is -2.07. The van der Waals surface area contributed by atoms with Gasteiger partial charge in [-0.25, -0.2) is 5.43 Å². The summed E-state index contributed by atoms with van der Waals surface area (Å²) in [5, 5.41) is 5.10. The Hall–Kier alpha value is -3.28. The molecule has 3 aromatic rings. The molecule has 128 valence electrons. The van der Waals surface area contributed by atoms with E-state index in [-0.39, 0.29) is 12.5 Å². The lowest BCUT2D eigenvalue weighted by molar-refractivity contribution is -0.121. The van der Waals surface area contributed by atoms with E-state index in [4.69, 9.17) is 9.47 Å². The molecule has 0 unspecified atom stereocenters. The molecular weight excluding hydrogens is 318 g/mol. The van der Waals surface area contributed by atoms with Gasteiger partial charge in [-0.1, -0.05) is 18.2 Å². The SMILES string of the molecule is COc1ccc(/C=N\NC(=O)Cn2ccc3ccccc32)cc1OC. The van der Waals surface area contributed by atoms with Crippen LogP contribution in [0, 0.1) is 0 Å². The van der Waals surface area contributed by atoms with E-state index in [0.717, 1.165) is 16.5 Å². The number of amides is 1. The van der Waals surface area contributed by atoms with Crippen LogP contribution >= 0.6 is 0 Å². The third kappa shape index (κ3) is 3.80. The molecule has 1 amide bonds. The third-order valence-electron chi connectivity index (χ3n) is 3.80. The van der Waals surface area contributed by atoms with Crippen LogP contribution in [0.25, 0.3) is 10.9 Å². The Morgan fingerprint density at radius 2 is 1.92 bits per heavy atom. The van der Waals surface area contributed by atoms with Crippen LogP contribution in [0.15, 0.2) is 59.8 Å². The van der Waals surface area contributed by atoms with Crippen molar-refractivity contribution in [3.63, 3.8) is 0 Å². The number of nitrogens with one attached hydrogen (secondary N) is 1. The van der Waals surface area contributed by atoms with Gasteiger partial charge in [0.25, 0.3) is 5.91 Å². The van der Waals surface area contributed by atoms with E-state index in [0.29, 0.717) is 11.5 Å². The van der Waals surface area contributed by atoms with Gasteiger partial charge >= 0.3 is 0 Å². The van der Waals surface area contributed by atoms with Crippen molar-refractivity contribution in [3.8, 4) is 11.5 Å². The van der Waals surface area contributed by atoms with Crippen molar-refractivity contribution >= 4 is 23.0 Å². The first-order valence-corrected chi connectivity index (χ1v) is 7.79. The van der Waals surface area contributed by atoms with Crippen molar-refractivity contribution in [2.24, 2.45) is 5.10 Å². The van der Waals surface area contributed by atoms with E-state index in [1.165, 1.54) is 0 Å². The molecule has 25 heavy (non-hydrogen) atoms. The van der Waals surface area contributed by atoms with Gasteiger partial charge < -0.3 is 14.0 Å². The Balaban J connectivity index is 1.63. The van der Waals surface area contributed by atoms with Gasteiger partial charge in [0.1, 0.15) is 6.54 Å². The molecule has 0 spiro atoms. The van der Waals surface area contributed by atoms with E-state index in [2.05, 4.69) is 10.5 Å². The van der Waals surface area contributed by atoms with E-state index in [1.807, 2.05) is 47.2 Å². The molecule has 0 bridgehead atoms. The number of hydrazone groups is 1. The average Bonchev–Trinajstić information content (AvgIpc) is 3.04. The molecule has 0 aliphatic heterocycles. The maximum atomic E-state index is 12.1. The number of methoxy groups -OCH3 is 2. The van der Waals surface area contributed by atoms with Gasteiger partial charge in [-0.2, -0.15) is 5.10 Å². The molecule has 1 heterocycles. The van der Waals surface area contributed by atoms with Gasteiger partial charge in [-0.15, -0.1) is 0 Å². The monoisotopic (exact) mass is 337 g/mol. The Morgan fingerprint density at radius 3 is 2.72 bits per heavy atom. The van der Waals surface area contributed by atoms with Gasteiger partial charge in [0.2, 0.25) is 0 Å². The van der Waals surface area contributed by atoms with Gasteiger partial charge in [0, 0.05) is 11.7 Å². The number of aromatic nitrogens is 1. The molecule has 0 atom stereocenters. The number of nitrogens with zero attached hydrogens (tertiary/aromatic N) is 2. The molecule has 0 saturated carbocycles. The zero-order chi connectivity index (χ0) is 17.6. The number of hydrogen-bond donors (Lipinski definition) is 1. The van der Waals surface area contributed by atoms with Crippen LogP contribution in [-0.2, 0) is 11.3 Å². The molecule has 0 radical (unpaired) electrons. The fourth-order valence-electron chi connectivity index (χ4n) is 2.58. The highest BCUT2D eigenvalue weighted by Crippen LogP contribution is 2.26. The van der Waals surface area contributed by atoms with Crippen LogP contribution in [0.1, 0.15) is 5.56 Å². The summed E-state index contributed by atoms with van der Waals surface area (Å²) in [7, 11) is 3.15. The normalized spacial score (nSPS) is 11.0. The summed E-state index contributed by atoms with van der Waals surface area (Å²) in [6.07, 6.45) is 3.45. The minimum atomic E-state index is -0.196.